The van der Waals surface area contributed by atoms with Crippen LogP contribution in [-0.2, 0) is 0 Å². The first-order valence-corrected chi connectivity index (χ1v) is 4.13. The van der Waals surface area contributed by atoms with Gasteiger partial charge in [0.25, 0.3) is 0 Å². The Morgan fingerprint density at radius 2 is 2.40 bits per heavy atom. The minimum absolute atomic E-state index is 0.300. The molecule has 0 heterocycles. The highest BCUT2D eigenvalue weighted by Gasteiger charge is 2.12. The molecule has 1 unspecified atom stereocenters. The summed E-state index contributed by atoms with van der Waals surface area (Å²) in [5.41, 5.74) is 0.550. The largest absolute Gasteiger partial charge is 0.242 e. The maximum atomic E-state index is 12.6. The summed E-state index contributed by atoms with van der Waals surface area (Å²) in [5.74, 6) is -0.435. The molecule has 0 amide bonds. The van der Waals surface area contributed by atoms with Crippen molar-refractivity contribution in [1.29, 1.82) is 0 Å². The van der Waals surface area contributed by atoms with Gasteiger partial charge in [0.2, 0.25) is 0 Å². The summed E-state index contributed by atoms with van der Waals surface area (Å²) in [5, 5.41) is 0.460. The normalized spacial score (nSPS) is 25.7. The van der Waals surface area contributed by atoms with Gasteiger partial charge >= 0.3 is 0 Å². The Bertz CT molecular complexity index is 184. The zero-order valence-electron chi connectivity index (χ0n) is 5.28. The summed E-state index contributed by atoms with van der Waals surface area (Å²) >= 11 is 3.10. The first-order chi connectivity index (χ1) is 4.74. The van der Waals surface area contributed by atoms with Crippen LogP contribution < -0.4 is 0 Å². The number of hydrogen-bond donors (Lipinski definition) is 0. The van der Waals surface area contributed by atoms with Crippen molar-refractivity contribution in [2.24, 2.45) is 0 Å². The van der Waals surface area contributed by atoms with E-state index in [1.165, 1.54) is 0 Å². The van der Waals surface area contributed by atoms with Gasteiger partial charge in [-0.25, -0.2) is 8.78 Å². The molecule has 1 aliphatic carbocycles. The van der Waals surface area contributed by atoms with Crippen molar-refractivity contribution in [2.45, 2.75) is 12.6 Å². The Balaban J connectivity index is 2.71. The molecule has 10 heavy (non-hydrogen) atoms. The monoisotopic (exact) mass is 208 g/mol. The second kappa shape index (κ2) is 3.28. The fourth-order valence-electron chi connectivity index (χ4n) is 0.805. The second-order valence-corrected chi connectivity index (χ2v) is 2.69. The van der Waals surface area contributed by atoms with Crippen molar-refractivity contribution in [2.75, 3.05) is 5.33 Å². The topological polar surface area (TPSA) is 0 Å². The molecule has 0 N–H and O–H groups in total. The summed E-state index contributed by atoms with van der Waals surface area (Å²) in [4.78, 5) is 0. The Hall–Kier alpha value is -0.180. The molecule has 56 valence electrons. The van der Waals surface area contributed by atoms with Gasteiger partial charge in [-0.3, -0.25) is 0 Å². The van der Waals surface area contributed by atoms with E-state index in [0.29, 0.717) is 17.3 Å². The summed E-state index contributed by atoms with van der Waals surface area (Å²) < 4.78 is 25.0. The molecule has 0 aromatic rings. The quantitative estimate of drug-likeness (QED) is 0.582. The Morgan fingerprint density at radius 3 is 2.90 bits per heavy atom. The van der Waals surface area contributed by atoms with Crippen LogP contribution in [0.25, 0.3) is 0 Å². The summed E-state index contributed by atoms with van der Waals surface area (Å²) in [6, 6.07) is 0. The average molecular weight is 209 g/mol. The van der Waals surface area contributed by atoms with E-state index in [4.69, 9.17) is 0 Å². The molecule has 0 fully saturated rings. The van der Waals surface area contributed by atoms with E-state index in [9.17, 15) is 8.78 Å². The minimum atomic E-state index is -1.14. The van der Waals surface area contributed by atoms with Crippen molar-refractivity contribution in [3.63, 3.8) is 0 Å². The van der Waals surface area contributed by atoms with Gasteiger partial charge in [0.15, 0.2) is 0 Å². The number of alkyl halides is 2. The van der Waals surface area contributed by atoms with Gasteiger partial charge in [-0.1, -0.05) is 22.0 Å². The molecule has 0 aliphatic heterocycles. The number of rotatable bonds is 1. The van der Waals surface area contributed by atoms with E-state index < -0.39 is 12.0 Å². The predicted octanol–water partition coefficient (Wildman–Crippen LogP) is 2.90. The van der Waals surface area contributed by atoms with Gasteiger partial charge in [0.05, 0.1) is 0 Å². The molecule has 0 spiro atoms. The van der Waals surface area contributed by atoms with E-state index in [1.54, 1.807) is 6.08 Å². The van der Waals surface area contributed by atoms with Crippen LogP contribution in [0.5, 0.6) is 0 Å². The van der Waals surface area contributed by atoms with Crippen LogP contribution in [0.3, 0.4) is 0 Å². The summed E-state index contributed by atoms with van der Waals surface area (Å²) in [7, 11) is 0. The van der Waals surface area contributed by atoms with Gasteiger partial charge in [-0.15, -0.1) is 0 Å². The van der Waals surface area contributed by atoms with E-state index in [0.717, 1.165) is 6.08 Å². The van der Waals surface area contributed by atoms with Crippen LogP contribution >= 0.6 is 15.9 Å². The fraction of sp³-hybridized carbons (Fsp3) is 0.429. The lowest BCUT2D eigenvalue weighted by atomic mass is 10.1. The molecule has 0 aromatic heterocycles. The van der Waals surface area contributed by atoms with Crippen molar-refractivity contribution in [3.05, 3.63) is 23.6 Å². The van der Waals surface area contributed by atoms with E-state index in [1.807, 2.05) is 0 Å². The van der Waals surface area contributed by atoms with Crippen molar-refractivity contribution in [1.82, 2.24) is 0 Å². The third-order valence-corrected chi connectivity index (χ3v) is 1.97. The van der Waals surface area contributed by atoms with E-state index in [2.05, 4.69) is 15.9 Å². The fourth-order valence-corrected chi connectivity index (χ4v) is 1.30. The Kier molecular flexibility index (Phi) is 2.60. The van der Waals surface area contributed by atoms with Crippen LogP contribution in [0, 0.1) is 0 Å². The first-order valence-electron chi connectivity index (χ1n) is 3.01. The van der Waals surface area contributed by atoms with E-state index in [-0.39, 0.29) is 0 Å². The van der Waals surface area contributed by atoms with Crippen LogP contribution in [0.2, 0.25) is 0 Å². The number of hydrogen-bond acceptors (Lipinski definition) is 0. The summed E-state index contributed by atoms with van der Waals surface area (Å²) in [6.07, 6.45) is 1.75. The molecule has 0 radical (unpaired) electrons. The third-order valence-electron chi connectivity index (χ3n) is 1.37. The van der Waals surface area contributed by atoms with Gasteiger partial charge in [0.1, 0.15) is 12.0 Å². The minimum Gasteiger partial charge on any atom is -0.242 e. The van der Waals surface area contributed by atoms with Crippen molar-refractivity contribution in [3.8, 4) is 0 Å². The van der Waals surface area contributed by atoms with Crippen LogP contribution in [0.15, 0.2) is 23.6 Å². The molecule has 1 atom stereocenters. The highest BCUT2D eigenvalue weighted by molar-refractivity contribution is 9.09. The lowest BCUT2D eigenvalue weighted by Gasteiger charge is -2.09. The van der Waals surface area contributed by atoms with Crippen LogP contribution in [-0.4, -0.2) is 11.5 Å². The maximum Gasteiger partial charge on any atom is 0.125 e. The molecule has 0 bridgehead atoms. The third kappa shape index (κ3) is 1.66. The highest BCUT2D eigenvalue weighted by Crippen LogP contribution is 2.22. The van der Waals surface area contributed by atoms with Gasteiger partial charge in [0, 0.05) is 11.8 Å². The molecular weight excluding hydrogens is 202 g/mol. The zero-order valence-corrected chi connectivity index (χ0v) is 6.87. The molecule has 0 aromatic carbocycles. The lowest BCUT2D eigenvalue weighted by molar-refractivity contribution is 0.390. The average Bonchev–Trinajstić information content (AvgIpc) is 1.88. The number of allylic oxidation sites excluding steroid dienone is 4. The van der Waals surface area contributed by atoms with Crippen molar-refractivity contribution < 1.29 is 8.78 Å². The number of halogens is 3. The molecule has 0 saturated heterocycles. The molecular formula is C7H7BrF2. The predicted molar refractivity (Wildman–Crippen MR) is 40.6 cm³/mol. The highest BCUT2D eigenvalue weighted by atomic mass is 79.9. The molecule has 1 rings (SSSR count). The molecule has 3 heteroatoms. The molecule has 0 saturated carbocycles. The SMILES string of the molecule is FC1=CC(F)CC=C1CBr. The standard InChI is InChI=1S/C7H7BrF2/c8-4-5-1-2-6(9)3-7(5)10/h1,3,6H,2,4H2. The van der Waals surface area contributed by atoms with Crippen LogP contribution in [0.1, 0.15) is 6.42 Å². The Labute approximate surface area is 66.7 Å². The first kappa shape index (κ1) is 7.92. The van der Waals surface area contributed by atoms with Crippen LogP contribution in [0.4, 0.5) is 8.78 Å². The van der Waals surface area contributed by atoms with E-state index >= 15 is 0 Å². The molecule has 1 aliphatic rings. The molecule has 0 nitrogen and oxygen atoms in total. The van der Waals surface area contributed by atoms with Gasteiger partial charge < -0.3 is 0 Å². The Morgan fingerprint density at radius 1 is 1.70 bits per heavy atom. The smallest absolute Gasteiger partial charge is 0.125 e. The van der Waals surface area contributed by atoms with Gasteiger partial charge in [-0.2, -0.15) is 0 Å². The zero-order chi connectivity index (χ0) is 7.56. The van der Waals surface area contributed by atoms with Gasteiger partial charge in [-0.05, 0) is 11.6 Å². The maximum absolute atomic E-state index is 12.6. The second-order valence-electron chi connectivity index (χ2n) is 2.13. The summed E-state index contributed by atoms with van der Waals surface area (Å²) in [6.45, 7) is 0. The lowest BCUT2D eigenvalue weighted by Crippen LogP contribution is -2.02. The van der Waals surface area contributed by atoms with Crippen molar-refractivity contribution >= 4 is 15.9 Å².